The maximum Gasteiger partial charge on any atom is 0.306 e. The van der Waals surface area contributed by atoms with Gasteiger partial charge >= 0.3 is 5.97 Å². The first-order valence-corrected chi connectivity index (χ1v) is 11.5. The van der Waals surface area contributed by atoms with Crippen LogP contribution in [0.4, 0.5) is 8.78 Å². The Morgan fingerprint density at radius 2 is 1.86 bits per heavy atom. The van der Waals surface area contributed by atoms with Crippen molar-refractivity contribution >= 4 is 11.8 Å². The lowest BCUT2D eigenvalue weighted by molar-refractivity contribution is -0.147. The molecule has 0 aromatic rings. The topological polar surface area (TPSA) is 63.6 Å². The summed E-state index contributed by atoms with van der Waals surface area (Å²) in [7, 11) is 0. The Balaban J connectivity index is 2.29. The number of unbranched alkanes of at least 4 members (excludes halogenated alkanes) is 4. The quantitative estimate of drug-likeness (QED) is 0.268. The van der Waals surface area contributed by atoms with Crippen molar-refractivity contribution < 1.29 is 28.2 Å². The van der Waals surface area contributed by atoms with Crippen LogP contribution in [0.15, 0.2) is 0 Å². The van der Waals surface area contributed by atoms with E-state index in [1.165, 1.54) is 0 Å². The number of hydrogen-bond acceptors (Lipinski definition) is 4. The zero-order valence-corrected chi connectivity index (χ0v) is 18.4. The molecule has 0 heterocycles. The van der Waals surface area contributed by atoms with Crippen LogP contribution in [0.1, 0.15) is 104 Å². The molecule has 0 amide bonds. The molecule has 0 aromatic carbocycles. The number of Topliss-reactive ketones (excluding diaryl/α,β-unsaturated/α-hetero) is 1. The van der Waals surface area contributed by atoms with Crippen LogP contribution in [0.5, 0.6) is 0 Å². The lowest BCUT2D eigenvalue weighted by atomic mass is 9.85. The monoisotopic (exact) mass is 418 g/mol. The predicted molar refractivity (Wildman–Crippen MR) is 110 cm³/mol. The van der Waals surface area contributed by atoms with E-state index in [1.807, 2.05) is 20.8 Å². The van der Waals surface area contributed by atoms with Gasteiger partial charge in [0.15, 0.2) is 0 Å². The molecule has 29 heavy (non-hydrogen) atoms. The summed E-state index contributed by atoms with van der Waals surface area (Å²) in [6.45, 7) is 5.52. The molecular weight excluding hydrogens is 378 g/mol. The van der Waals surface area contributed by atoms with Crippen molar-refractivity contribution in [1.82, 2.24) is 0 Å². The van der Waals surface area contributed by atoms with Crippen molar-refractivity contribution in [3.63, 3.8) is 0 Å². The Morgan fingerprint density at radius 1 is 1.17 bits per heavy atom. The maximum absolute atomic E-state index is 13.9. The third kappa shape index (κ3) is 10.0. The summed E-state index contributed by atoms with van der Waals surface area (Å²) in [4.78, 5) is 23.7. The zero-order valence-electron chi connectivity index (χ0n) is 18.4. The lowest BCUT2D eigenvalue weighted by Gasteiger charge is -2.25. The summed E-state index contributed by atoms with van der Waals surface area (Å²) in [6, 6.07) is 0. The summed E-state index contributed by atoms with van der Waals surface area (Å²) in [5, 5.41) is 9.92. The smallest absolute Gasteiger partial charge is 0.306 e. The molecule has 1 rings (SSSR count). The molecule has 170 valence electrons. The minimum absolute atomic E-state index is 0.0580. The summed E-state index contributed by atoms with van der Waals surface area (Å²) in [5.74, 6) is -2.91. The van der Waals surface area contributed by atoms with Crippen LogP contribution in [-0.4, -0.2) is 35.0 Å². The number of aliphatic hydroxyl groups excluding tert-OH is 1. The van der Waals surface area contributed by atoms with E-state index in [2.05, 4.69) is 0 Å². The summed E-state index contributed by atoms with van der Waals surface area (Å²) in [5.41, 5.74) is 0. The van der Waals surface area contributed by atoms with E-state index in [9.17, 15) is 23.5 Å². The molecule has 0 aliphatic heterocycles. The average Bonchev–Trinajstić information content (AvgIpc) is 3.00. The fraction of sp³-hybridized carbons (Fsp3) is 0.913. The van der Waals surface area contributed by atoms with Gasteiger partial charge in [-0.3, -0.25) is 9.59 Å². The van der Waals surface area contributed by atoms with Crippen molar-refractivity contribution in [3.05, 3.63) is 0 Å². The molecule has 0 radical (unpaired) electrons. The highest BCUT2D eigenvalue weighted by Crippen LogP contribution is 2.38. The Hall–Kier alpha value is -1.04. The van der Waals surface area contributed by atoms with Gasteiger partial charge in [-0.15, -0.1) is 0 Å². The molecule has 1 saturated carbocycles. The second kappa shape index (κ2) is 13.3. The molecule has 1 aliphatic rings. The van der Waals surface area contributed by atoms with Gasteiger partial charge in [-0.05, 0) is 58.3 Å². The molecule has 1 aliphatic carbocycles. The number of ketones is 1. The van der Waals surface area contributed by atoms with E-state index in [0.29, 0.717) is 32.1 Å². The minimum Gasteiger partial charge on any atom is -0.463 e. The predicted octanol–water partition coefficient (Wildman–Crippen LogP) is 5.84. The number of aliphatic hydroxyl groups is 1. The first-order valence-electron chi connectivity index (χ1n) is 11.5. The van der Waals surface area contributed by atoms with Crippen LogP contribution in [0.3, 0.4) is 0 Å². The molecule has 0 spiro atoms. The summed E-state index contributed by atoms with van der Waals surface area (Å²) >= 11 is 0. The molecule has 1 N–H and O–H groups in total. The van der Waals surface area contributed by atoms with Crippen LogP contribution in [-0.2, 0) is 14.3 Å². The zero-order chi connectivity index (χ0) is 21.9. The molecule has 6 heteroatoms. The Labute approximate surface area is 174 Å². The molecule has 1 fully saturated rings. The Morgan fingerprint density at radius 3 is 2.52 bits per heavy atom. The van der Waals surface area contributed by atoms with Crippen LogP contribution < -0.4 is 0 Å². The number of hydrogen-bond donors (Lipinski definition) is 1. The summed E-state index contributed by atoms with van der Waals surface area (Å²) in [6.07, 6.45) is 5.69. The number of carbonyl (C=O) groups excluding carboxylic acids is 2. The molecular formula is C23H40F2O4. The van der Waals surface area contributed by atoms with Crippen molar-refractivity contribution in [2.75, 3.05) is 0 Å². The van der Waals surface area contributed by atoms with Crippen LogP contribution in [0, 0.1) is 11.8 Å². The van der Waals surface area contributed by atoms with Gasteiger partial charge in [-0.2, -0.15) is 0 Å². The number of esters is 1. The molecule has 4 nitrogen and oxygen atoms in total. The minimum atomic E-state index is -3.04. The highest BCUT2D eigenvalue weighted by atomic mass is 19.3. The number of rotatable bonds is 15. The van der Waals surface area contributed by atoms with Crippen molar-refractivity contribution in [3.8, 4) is 0 Å². The first kappa shape index (κ1) is 26.0. The number of ether oxygens (including phenoxy) is 1. The van der Waals surface area contributed by atoms with Gasteiger partial charge < -0.3 is 9.84 Å². The van der Waals surface area contributed by atoms with Gasteiger partial charge in [-0.25, -0.2) is 8.78 Å². The Bertz CT molecular complexity index is 493. The first-order chi connectivity index (χ1) is 13.7. The summed E-state index contributed by atoms with van der Waals surface area (Å²) < 4.78 is 33.0. The number of alkyl halides is 2. The van der Waals surface area contributed by atoms with Crippen LogP contribution >= 0.6 is 0 Å². The van der Waals surface area contributed by atoms with E-state index in [1.54, 1.807) is 0 Å². The lowest BCUT2D eigenvalue weighted by Crippen LogP contribution is -2.34. The van der Waals surface area contributed by atoms with Crippen LogP contribution in [0.25, 0.3) is 0 Å². The second-order valence-corrected chi connectivity index (χ2v) is 8.82. The van der Waals surface area contributed by atoms with Gasteiger partial charge in [0, 0.05) is 25.2 Å². The van der Waals surface area contributed by atoms with Crippen molar-refractivity contribution in [1.29, 1.82) is 0 Å². The highest BCUT2D eigenvalue weighted by molar-refractivity contribution is 5.83. The largest absolute Gasteiger partial charge is 0.463 e. The number of halogens is 2. The van der Waals surface area contributed by atoms with E-state index >= 15 is 0 Å². The molecule has 0 aromatic heterocycles. The fourth-order valence-electron chi connectivity index (χ4n) is 4.19. The van der Waals surface area contributed by atoms with E-state index < -0.39 is 12.0 Å². The van der Waals surface area contributed by atoms with E-state index in [4.69, 9.17) is 4.74 Å². The Kier molecular flexibility index (Phi) is 11.9. The maximum atomic E-state index is 13.9. The standard InChI is InChI=1S/C23H40F2O4/c1-4-5-16-23(24,25)21(27)15-13-18-12-14-20(26)19(18)10-8-6-7-9-11-22(28)29-17(2)3/h17-19,21,27H,4-16H2,1-3H3. The highest BCUT2D eigenvalue weighted by Gasteiger charge is 2.39. The van der Waals surface area contributed by atoms with E-state index in [0.717, 1.165) is 38.5 Å². The normalized spacial score (nSPS) is 21.0. The molecule has 0 bridgehead atoms. The third-order valence-electron chi connectivity index (χ3n) is 5.92. The molecule has 0 saturated heterocycles. The third-order valence-corrected chi connectivity index (χ3v) is 5.92. The van der Waals surface area contributed by atoms with Crippen molar-refractivity contribution in [2.45, 2.75) is 122 Å². The van der Waals surface area contributed by atoms with Gasteiger partial charge in [0.1, 0.15) is 11.9 Å². The van der Waals surface area contributed by atoms with Crippen molar-refractivity contribution in [2.24, 2.45) is 11.8 Å². The van der Waals surface area contributed by atoms with Gasteiger partial charge in [0.25, 0.3) is 5.92 Å². The SMILES string of the molecule is CCCCC(F)(F)C(O)CCC1CCC(=O)C1CCCCCCC(=O)OC(C)C. The van der Waals surface area contributed by atoms with Crippen LogP contribution in [0.2, 0.25) is 0 Å². The fourth-order valence-corrected chi connectivity index (χ4v) is 4.19. The second-order valence-electron chi connectivity index (χ2n) is 8.82. The van der Waals surface area contributed by atoms with E-state index in [-0.39, 0.29) is 42.5 Å². The van der Waals surface area contributed by atoms with Gasteiger partial charge in [-0.1, -0.05) is 32.6 Å². The molecule has 3 unspecified atom stereocenters. The number of carbonyl (C=O) groups is 2. The van der Waals surface area contributed by atoms with Gasteiger partial charge in [0.05, 0.1) is 6.10 Å². The molecule has 3 atom stereocenters. The van der Waals surface area contributed by atoms with Gasteiger partial charge in [0.2, 0.25) is 0 Å². The average molecular weight is 419 g/mol.